The number of urea groups is 1. The normalized spacial score (nSPS) is 17.8. The number of rotatable bonds is 5. The first kappa shape index (κ1) is 23.5. The van der Waals surface area contributed by atoms with Crippen LogP contribution in [0.1, 0.15) is 34.6 Å². The van der Waals surface area contributed by atoms with Gasteiger partial charge in [-0.05, 0) is 55.2 Å². The Morgan fingerprint density at radius 3 is 2.50 bits per heavy atom. The van der Waals surface area contributed by atoms with E-state index in [1.165, 1.54) is 6.07 Å². The number of likely N-dealkylation sites (tertiary alicyclic amines) is 1. The van der Waals surface area contributed by atoms with Crippen LogP contribution in [0.2, 0.25) is 0 Å². The fraction of sp³-hybridized carbons (Fsp3) is 0.286. The minimum absolute atomic E-state index is 0.0655. The summed E-state index contributed by atoms with van der Waals surface area (Å²) in [5.41, 5.74) is 4.37. The van der Waals surface area contributed by atoms with Gasteiger partial charge in [-0.3, -0.25) is 4.79 Å². The highest BCUT2D eigenvalue weighted by Gasteiger charge is 2.34. The average molecular weight is 460 g/mol. The van der Waals surface area contributed by atoms with Crippen LogP contribution in [0.4, 0.5) is 14.9 Å². The molecule has 3 aromatic rings. The molecule has 2 N–H and O–H groups in total. The molecule has 1 saturated heterocycles. The molecule has 0 radical (unpaired) electrons. The van der Waals surface area contributed by atoms with E-state index in [2.05, 4.69) is 10.6 Å². The van der Waals surface area contributed by atoms with Gasteiger partial charge in [0.2, 0.25) is 5.91 Å². The van der Waals surface area contributed by atoms with Gasteiger partial charge in [-0.25, -0.2) is 9.18 Å². The first-order valence-corrected chi connectivity index (χ1v) is 11.6. The molecule has 34 heavy (non-hydrogen) atoms. The minimum Gasteiger partial charge on any atom is -0.352 e. The molecule has 0 aromatic heterocycles. The molecule has 3 aromatic carbocycles. The first-order chi connectivity index (χ1) is 16.4. The van der Waals surface area contributed by atoms with Gasteiger partial charge in [0.1, 0.15) is 5.82 Å². The summed E-state index contributed by atoms with van der Waals surface area (Å²) in [6.45, 7) is 4.98. The number of nitrogens with zero attached hydrogens (tertiary/aromatic N) is 1. The van der Waals surface area contributed by atoms with E-state index in [4.69, 9.17) is 0 Å². The monoisotopic (exact) mass is 459 g/mol. The Morgan fingerprint density at radius 1 is 0.971 bits per heavy atom. The van der Waals surface area contributed by atoms with Crippen molar-refractivity contribution in [1.29, 1.82) is 0 Å². The maximum Gasteiger partial charge on any atom is 0.321 e. The topological polar surface area (TPSA) is 61.4 Å². The lowest BCUT2D eigenvalue weighted by Gasteiger charge is -2.37. The van der Waals surface area contributed by atoms with Crippen molar-refractivity contribution in [2.75, 3.05) is 18.4 Å². The number of carbonyl (C=O) groups is 2. The predicted molar refractivity (Wildman–Crippen MR) is 132 cm³/mol. The van der Waals surface area contributed by atoms with Crippen LogP contribution in [0, 0.1) is 25.6 Å². The molecule has 2 unspecified atom stereocenters. The number of hydrogen-bond donors (Lipinski definition) is 2. The highest BCUT2D eigenvalue weighted by molar-refractivity contribution is 5.90. The van der Waals surface area contributed by atoms with Crippen molar-refractivity contribution < 1.29 is 14.0 Å². The minimum atomic E-state index is -0.365. The van der Waals surface area contributed by atoms with Crippen molar-refractivity contribution in [2.24, 2.45) is 5.92 Å². The second-order valence-electron chi connectivity index (χ2n) is 9.05. The third kappa shape index (κ3) is 5.81. The van der Waals surface area contributed by atoms with Crippen molar-refractivity contribution in [2.45, 2.75) is 32.7 Å². The summed E-state index contributed by atoms with van der Waals surface area (Å²) in [7, 11) is 0. The highest BCUT2D eigenvalue weighted by atomic mass is 19.1. The lowest BCUT2D eigenvalue weighted by molar-refractivity contribution is -0.126. The number of anilines is 1. The number of benzene rings is 3. The zero-order chi connectivity index (χ0) is 24.1. The SMILES string of the molecule is Cc1cccc(CNC(=O)C2CC(c3ccc(F)c(C)c3)CN(C(=O)Nc3ccccc3)C2)c1. The van der Waals surface area contributed by atoms with Crippen LogP contribution < -0.4 is 10.6 Å². The summed E-state index contributed by atoms with van der Waals surface area (Å²) in [6, 6.07) is 22.1. The van der Waals surface area contributed by atoms with E-state index < -0.39 is 0 Å². The quantitative estimate of drug-likeness (QED) is 0.537. The third-order valence-electron chi connectivity index (χ3n) is 6.34. The van der Waals surface area contributed by atoms with Gasteiger partial charge >= 0.3 is 6.03 Å². The molecule has 176 valence electrons. The van der Waals surface area contributed by atoms with E-state index in [1.54, 1.807) is 17.9 Å². The van der Waals surface area contributed by atoms with Crippen LogP contribution in [0.5, 0.6) is 0 Å². The number of nitrogens with one attached hydrogen (secondary N) is 2. The highest BCUT2D eigenvalue weighted by Crippen LogP contribution is 2.32. The molecule has 1 aliphatic heterocycles. The zero-order valence-corrected chi connectivity index (χ0v) is 19.6. The number of piperidine rings is 1. The summed E-state index contributed by atoms with van der Waals surface area (Å²) < 4.78 is 13.9. The van der Waals surface area contributed by atoms with E-state index in [0.29, 0.717) is 37.3 Å². The van der Waals surface area contributed by atoms with Crippen LogP contribution >= 0.6 is 0 Å². The fourth-order valence-corrected chi connectivity index (χ4v) is 4.50. The average Bonchev–Trinajstić information content (AvgIpc) is 2.84. The van der Waals surface area contributed by atoms with E-state index in [9.17, 15) is 14.0 Å². The smallest absolute Gasteiger partial charge is 0.321 e. The Hall–Kier alpha value is -3.67. The van der Waals surface area contributed by atoms with Crippen molar-refractivity contribution in [3.8, 4) is 0 Å². The van der Waals surface area contributed by atoms with Gasteiger partial charge in [0.25, 0.3) is 0 Å². The largest absolute Gasteiger partial charge is 0.352 e. The lowest BCUT2D eigenvalue weighted by Crippen LogP contribution is -2.49. The summed E-state index contributed by atoms with van der Waals surface area (Å²) in [5.74, 6) is -0.770. The Kier molecular flexibility index (Phi) is 7.26. The van der Waals surface area contributed by atoms with Gasteiger partial charge in [-0.2, -0.15) is 0 Å². The molecular formula is C28H30FN3O2. The standard InChI is InChI=1S/C28H30FN3O2/c1-19-7-6-8-21(13-19)16-30-27(33)24-15-23(22-11-12-26(29)20(2)14-22)17-32(18-24)28(34)31-25-9-4-3-5-10-25/h3-14,23-24H,15-18H2,1-2H3,(H,30,33)(H,31,34). The Bertz CT molecular complexity index is 1170. The number of amides is 3. The molecule has 5 nitrogen and oxygen atoms in total. The summed E-state index contributed by atoms with van der Waals surface area (Å²) in [5, 5.41) is 5.96. The van der Waals surface area contributed by atoms with Crippen molar-refractivity contribution in [3.63, 3.8) is 0 Å². The van der Waals surface area contributed by atoms with Crippen molar-refractivity contribution in [1.82, 2.24) is 10.2 Å². The molecule has 1 heterocycles. The van der Waals surface area contributed by atoms with E-state index in [1.807, 2.05) is 67.6 Å². The molecule has 1 aliphatic rings. The molecule has 0 bridgehead atoms. The maximum atomic E-state index is 13.9. The number of halogens is 1. The van der Waals surface area contributed by atoms with Gasteiger partial charge in [-0.1, -0.05) is 60.2 Å². The Morgan fingerprint density at radius 2 is 1.76 bits per heavy atom. The lowest BCUT2D eigenvalue weighted by atomic mass is 9.83. The van der Waals surface area contributed by atoms with Crippen molar-refractivity contribution >= 4 is 17.6 Å². The van der Waals surface area contributed by atoms with Gasteiger partial charge < -0.3 is 15.5 Å². The van der Waals surface area contributed by atoms with Gasteiger partial charge in [-0.15, -0.1) is 0 Å². The van der Waals surface area contributed by atoms with Gasteiger partial charge in [0, 0.05) is 31.2 Å². The van der Waals surface area contributed by atoms with Crippen LogP contribution in [-0.4, -0.2) is 29.9 Å². The summed E-state index contributed by atoms with van der Waals surface area (Å²) in [4.78, 5) is 27.9. The molecule has 6 heteroatoms. The van der Waals surface area contributed by atoms with E-state index in [-0.39, 0.29) is 29.6 Å². The van der Waals surface area contributed by atoms with E-state index >= 15 is 0 Å². The van der Waals surface area contributed by atoms with Crippen LogP contribution in [0.3, 0.4) is 0 Å². The van der Waals surface area contributed by atoms with Crippen LogP contribution in [0.25, 0.3) is 0 Å². The Balaban J connectivity index is 1.51. The molecule has 2 atom stereocenters. The van der Waals surface area contributed by atoms with Gasteiger partial charge in [0.15, 0.2) is 0 Å². The molecule has 0 aliphatic carbocycles. The summed E-state index contributed by atoms with van der Waals surface area (Å²) >= 11 is 0. The number of aryl methyl sites for hydroxylation is 2. The van der Waals surface area contributed by atoms with Crippen LogP contribution in [-0.2, 0) is 11.3 Å². The zero-order valence-electron chi connectivity index (χ0n) is 19.6. The second kappa shape index (κ2) is 10.5. The Labute approximate surface area is 200 Å². The van der Waals surface area contributed by atoms with E-state index in [0.717, 1.165) is 16.7 Å². The molecule has 0 saturated carbocycles. The maximum absolute atomic E-state index is 13.9. The third-order valence-corrected chi connectivity index (χ3v) is 6.34. The molecule has 4 rings (SSSR count). The first-order valence-electron chi connectivity index (χ1n) is 11.6. The van der Waals surface area contributed by atoms with Crippen molar-refractivity contribution in [3.05, 3.63) is 101 Å². The van der Waals surface area contributed by atoms with Gasteiger partial charge in [0.05, 0.1) is 5.92 Å². The predicted octanol–water partition coefficient (Wildman–Crippen LogP) is 5.40. The molecule has 0 spiro atoms. The number of carbonyl (C=O) groups excluding carboxylic acids is 2. The second-order valence-corrected chi connectivity index (χ2v) is 9.05. The summed E-state index contributed by atoms with van der Waals surface area (Å²) in [6.07, 6.45) is 0.597. The molecule has 3 amide bonds. The number of hydrogen-bond acceptors (Lipinski definition) is 2. The number of para-hydroxylation sites is 1. The molecule has 1 fully saturated rings. The fourth-order valence-electron chi connectivity index (χ4n) is 4.50. The van der Waals surface area contributed by atoms with Crippen LogP contribution in [0.15, 0.2) is 72.8 Å². The molecular weight excluding hydrogens is 429 g/mol.